The molecule has 0 radical (unpaired) electrons. The van der Waals surface area contributed by atoms with E-state index < -0.39 is 0 Å². The number of nitrogens with zero attached hydrogens (tertiary/aromatic N) is 3. The van der Waals surface area contributed by atoms with E-state index >= 15 is 0 Å². The average Bonchev–Trinajstić information content (AvgIpc) is 2.89. The summed E-state index contributed by atoms with van der Waals surface area (Å²) in [6.07, 6.45) is 5.69. The topological polar surface area (TPSA) is 42.2 Å². The first-order chi connectivity index (χ1) is 9.34. The van der Waals surface area contributed by atoms with Gasteiger partial charge in [-0.2, -0.15) is 5.10 Å². The van der Waals surface area contributed by atoms with Gasteiger partial charge in [0.2, 0.25) is 0 Å². The van der Waals surface area contributed by atoms with E-state index in [9.17, 15) is 0 Å². The third kappa shape index (κ3) is 2.48. The van der Waals surface area contributed by atoms with Crippen LogP contribution in [0.5, 0.6) is 0 Å². The van der Waals surface area contributed by atoms with Crippen LogP contribution in [-0.4, -0.2) is 14.6 Å². The Balaban J connectivity index is 1.73. The summed E-state index contributed by atoms with van der Waals surface area (Å²) in [7, 11) is 0. The van der Waals surface area contributed by atoms with Crippen molar-refractivity contribution in [2.24, 2.45) is 0 Å². The van der Waals surface area contributed by atoms with E-state index in [1.807, 2.05) is 53.4 Å². The van der Waals surface area contributed by atoms with Gasteiger partial charge in [-0.05, 0) is 31.2 Å². The van der Waals surface area contributed by atoms with Gasteiger partial charge in [-0.15, -0.1) is 0 Å². The van der Waals surface area contributed by atoms with Crippen LogP contribution in [0.2, 0.25) is 0 Å². The van der Waals surface area contributed by atoms with Gasteiger partial charge in [0.05, 0.1) is 17.4 Å². The highest BCUT2D eigenvalue weighted by Gasteiger charge is 2.08. The summed E-state index contributed by atoms with van der Waals surface area (Å²) >= 11 is 0. The zero-order chi connectivity index (χ0) is 13.1. The zero-order valence-electron chi connectivity index (χ0n) is 10.8. The van der Waals surface area contributed by atoms with Crippen LogP contribution in [-0.2, 0) is 6.54 Å². The van der Waals surface area contributed by atoms with Crippen molar-refractivity contribution in [3.8, 4) is 0 Å². The van der Waals surface area contributed by atoms with Gasteiger partial charge >= 0.3 is 0 Å². The first-order valence-corrected chi connectivity index (χ1v) is 6.40. The van der Waals surface area contributed by atoms with Crippen LogP contribution in [0.15, 0.2) is 55.0 Å². The molecule has 19 heavy (non-hydrogen) atoms. The van der Waals surface area contributed by atoms with Crippen molar-refractivity contribution in [1.29, 1.82) is 0 Å². The molecule has 0 aliphatic carbocycles. The predicted octanol–water partition coefficient (Wildman–Crippen LogP) is 2.58. The van der Waals surface area contributed by atoms with Gasteiger partial charge in [0.15, 0.2) is 0 Å². The molecule has 3 heterocycles. The maximum Gasteiger partial charge on any atom is 0.0706 e. The molecule has 1 N–H and O–H groups in total. The van der Waals surface area contributed by atoms with Crippen LogP contribution in [0.3, 0.4) is 0 Å². The van der Waals surface area contributed by atoms with Crippen LogP contribution in [0.4, 0.5) is 0 Å². The molecule has 0 aliphatic rings. The highest BCUT2D eigenvalue weighted by atomic mass is 15.2. The normalized spacial score (nSPS) is 12.7. The number of pyridine rings is 2. The maximum absolute atomic E-state index is 4.36. The highest BCUT2D eigenvalue weighted by Crippen LogP contribution is 2.13. The molecule has 0 saturated heterocycles. The van der Waals surface area contributed by atoms with Crippen LogP contribution in [0.25, 0.3) is 5.52 Å². The predicted molar refractivity (Wildman–Crippen MR) is 74.7 cm³/mol. The minimum absolute atomic E-state index is 0.222. The summed E-state index contributed by atoms with van der Waals surface area (Å²) in [6.45, 7) is 2.90. The fraction of sp³-hybridized carbons (Fsp3) is 0.200. The lowest BCUT2D eigenvalue weighted by atomic mass is 10.2. The third-order valence-corrected chi connectivity index (χ3v) is 3.24. The molecule has 0 spiro atoms. The monoisotopic (exact) mass is 252 g/mol. The summed E-state index contributed by atoms with van der Waals surface area (Å²) in [6, 6.07) is 12.3. The van der Waals surface area contributed by atoms with E-state index in [2.05, 4.69) is 28.4 Å². The minimum atomic E-state index is 0.222. The summed E-state index contributed by atoms with van der Waals surface area (Å²) in [5, 5.41) is 7.81. The second-order valence-corrected chi connectivity index (χ2v) is 4.56. The Kier molecular flexibility index (Phi) is 3.25. The van der Waals surface area contributed by atoms with E-state index in [1.54, 1.807) is 0 Å². The Morgan fingerprint density at radius 3 is 2.95 bits per heavy atom. The number of fused-ring (bicyclic) bond motifs is 1. The first-order valence-electron chi connectivity index (χ1n) is 6.40. The molecule has 0 saturated carbocycles. The number of hydrogen-bond acceptors (Lipinski definition) is 3. The van der Waals surface area contributed by atoms with Crippen molar-refractivity contribution >= 4 is 5.52 Å². The van der Waals surface area contributed by atoms with Gasteiger partial charge in [0, 0.05) is 30.5 Å². The van der Waals surface area contributed by atoms with E-state index in [1.165, 1.54) is 5.56 Å². The molecule has 96 valence electrons. The largest absolute Gasteiger partial charge is 0.305 e. The lowest BCUT2D eigenvalue weighted by Gasteiger charge is -2.12. The van der Waals surface area contributed by atoms with Crippen LogP contribution in [0, 0.1) is 0 Å². The number of hydrogen-bond donors (Lipinski definition) is 1. The van der Waals surface area contributed by atoms with Crippen molar-refractivity contribution in [2.45, 2.75) is 19.5 Å². The lowest BCUT2D eigenvalue weighted by Crippen LogP contribution is -2.18. The van der Waals surface area contributed by atoms with Gasteiger partial charge in [0.25, 0.3) is 0 Å². The Morgan fingerprint density at radius 2 is 2.11 bits per heavy atom. The average molecular weight is 252 g/mol. The number of rotatable bonds is 4. The molecule has 3 rings (SSSR count). The standard InChI is InChI=1S/C15H16N4/c1-12(14-6-2-4-8-16-14)17-10-13-11-18-19-9-5-3-7-15(13)19/h2-9,11-12,17H,10H2,1H3/t12-/m1/s1. The van der Waals surface area contributed by atoms with Crippen LogP contribution < -0.4 is 5.32 Å². The minimum Gasteiger partial charge on any atom is -0.305 e. The van der Waals surface area contributed by atoms with Crippen LogP contribution in [0.1, 0.15) is 24.2 Å². The number of nitrogens with one attached hydrogen (secondary N) is 1. The molecule has 0 aliphatic heterocycles. The molecule has 0 amide bonds. The summed E-state index contributed by atoms with van der Waals surface area (Å²) in [5.41, 5.74) is 3.39. The van der Waals surface area contributed by atoms with Gasteiger partial charge < -0.3 is 5.32 Å². The molecular formula is C15H16N4. The Morgan fingerprint density at radius 1 is 1.21 bits per heavy atom. The second-order valence-electron chi connectivity index (χ2n) is 4.56. The van der Waals surface area contributed by atoms with E-state index in [-0.39, 0.29) is 6.04 Å². The maximum atomic E-state index is 4.36. The Bertz CT molecular complexity index is 660. The van der Waals surface area contributed by atoms with Crippen molar-refractivity contribution in [3.63, 3.8) is 0 Å². The Hall–Kier alpha value is -2.20. The molecule has 0 aromatic carbocycles. The van der Waals surface area contributed by atoms with E-state index in [0.29, 0.717) is 0 Å². The SMILES string of the molecule is C[C@@H](NCc1cnn2ccccc12)c1ccccn1. The molecule has 0 fully saturated rings. The molecule has 4 heteroatoms. The molecule has 0 bridgehead atoms. The van der Waals surface area contributed by atoms with Gasteiger partial charge in [-0.1, -0.05) is 12.1 Å². The highest BCUT2D eigenvalue weighted by molar-refractivity contribution is 5.53. The fourth-order valence-electron chi connectivity index (χ4n) is 2.12. The van der Waals surface area contributed by atoms with Crippen molar-refractivity contribution < 1.29 is 0 Å². The van der Waals surface area contributed by atoms with Crippen molar-refractivity contribution in [2.75, 3.05) is 0 Å². The zero-order valence-corrected chi connectivity index (χ0v) is 10.8. The smallest absolute Gasteiger partial charge is 0.0706 e. The fourth-order valence-corrected chi connectivity index (χ4v) is 2.12. The lowest BCUT2D eigenvalue weighted by molar-refractivity contribution is 0.563. The summed E-state index contributed by atoms with van der Waals surface area (Å²) in [5.74, 6) is 0. The van der Waals surface area contributed by atoms with Crippen LogP contribution >= 0.6 is 0 Å². The molecule has 0 unspecified atom stereocenters. The van der Waals surface area contributed by atoms with E-state index in [0.717, 1.165) is 17.8 Å². The summed E-state index contributed by atoms with van der Waals surface area (Å²) in [4.78, 5) is 4.36. The molecule has 3 aromatic rings. The second kappa shape index (κ2) is 5.20. The van der Waals surface area contributed by atoms with Crippen molar-refractivity contribution in [3.05, 3.63) is 66.2 Å². The summed E-state index contributed by atoms with van der Waals surface area (Å²) < 4.78 is 1.89. The van der Waals surface area contributed by atoms with Gasteiger partial charge in [-0.25, -0.2) is 4.52 Å². The molecule has 4 nitrogen and oxygen atoms in total. The molecule has 3 aromatic heterocycles. The van der Waals surface area contributed by atoms with E-state index in [4.69, 9.17) is 0 Å². The third-order valence-electron chi connectivity index (χ3n) is 3.24. The number of aromatic nitrogens is 3. The van der Waals surface area contributed by atoms with Gasteiger partial charge in [0.1, 0.15) is 0 Å². The first kappa shape index (κ1) is 11.9. The van der Waals surface area contributed by atoms with Crippen molar-refractivity contribution in [1.82, 2.24) is 19.9 Å². The van der Waals surface area contributed by atoms with Gasteiger partial charge in [-0.3, -0.25) is 4.98 Å². The quantitative estimate of drug-likeness (QED) is 0.776. The molecule has 1 atom stereocenters. The Labute approximate surface area is 112 Å². The molecular weight excluding hydrogens is 236 g/mol.